The molecule has 92 valence electrons. The van der Waals surface area contributed by atoms with Crippen LogP contribution in [0.15, 0.2) is 12.1 Å². The first-order valence-corrected chi connectivity index (χ1v) is 5.32. The van der Waals surface area contributed by atoms with Gasteiger partial charge in [0.15, 0.2) is 17.4 Å². The Bertz CT molecular complexity index is 468. The van der Waals surface area contributed by atoms with E-state index < -0.39 is 23.0 Å². The van der Waals surface area contributed by atoms with Crippen LogP contribution < -0.4 is 5.73 Å². The quantitative estimate of drug-likeness (QED) is 0.800. The van der Waals surface area contributed by atoms with E-state index in [2.05, 4.69) is 0 Å². The predicted molar refractivity (Wildman–Crippen MR) is 57.8 cm³/mol. The van der Waals surface area contributed by atoms with Gasteiger partial charge in [-0.2, -0.15) is 0 Å². The standard InChI is InChI=1S/C12H13F2NO2/c1-7-2-3-8(10(14)9(7)13)11(16)12(15)4-5-17-6-12/h2-3H,4-6,15H2,1H3. The molecule has 0 bridgehead atoms. The van der Waals surface area contributed by atoms with Gasteiger partial charge in [-0.3, -0.25) is 4.79 Å². The van der Waals surface area contributed by atoms with Gasteiger partial charge in [0.2, 0.25) is 0 Å². The normalized spacial score (nSPS) is 24.0. The number of benzene rings is 1. The Morgan fingerprint density at radius 2 is 2.12 bits per heavy atom. The first kappa shape index (κ1) is 12.1. The SMILES string of the molecule is Cc1ccc(C(=O)C2(N)CCOC2)c(F)c1F. The highest BCUT2D eigenvalue weighted by atomic mass is 19.2. The van der Waals surface area contributed by atoms with Crippen LogP contribution in [0.2, 0.25) is 0 Å². The van der Waals surface area contributed by atoms with Crippen molar-refractivity contribution in [2.24, 2.45) is 5.73 Å². The molecule has 1 heterocycles. The van der Waals surface area contributed by atoms with Crippen molar-refractivity contribution in [3.8, 4) is 0 Å². The number of nitrogens with two attached hydrogens (primary N) is 1. The highest BCUT2D eigenvalue weighted by Crippen LogP contribution is 2.24. The van der Waals surface area contributed by atoms with Crippen LogP contribution in [-0.2, 0) is 4.74 Å². The Morgan fingerprint density at radius 1 is 1.41 bits per heavy atom. The summed E-state index contributed by atoms with van der Waals surface area (Å²) in [6.07, 6.45) is 0.320. The van der Waals surface area contributed by atoms with Crippen LogP contribution in [0.3, 0.4) is 0 Å². The molecule has 0 aromatic heterocycles. The van der Waals surface area contributed by atoms with Crippen molar-refractivity contribution >= 4 is 5.78 Å². The molecule has 1 aliphatic rings. The van der Waals surface area contributed by atoms with Gasteiger partial charge in [-0.1, -0.05) is 6.07 Å². The van der Waals surface area contributed by atoms with Crippen LogP contribution in [0, 0.1) is 18.6 Å². The Morgan fingerprint density at radius 3 is 2.71 bits per heavy atom. The molecule has 1 aliphatic heterocycles. The maximum Gasteiger partial charge on any atom is 0.188 e. The maximum atomic E-state index is 13.6. The summed E-state index contributed by atoms with van der Waals surface area (Å²) < 4.78 is 32.0. The van der Waals surface area contributed by atoms with Crippen molar-refractivity contribution in [1.29, 1.82) is 0 Å². The van der Waals surface area contributed by atoms with Crippen LogP contribution in [0.1, 0.15) is 22.3 Å². The zero-order chi connectivity index (χ0) is 12.6. The van der Waals surface area contributed by atoms with E-state index in [4.69, 9.17) is 10.5 Å². The minimum absolute atomic E-state index is 0.0424. The van der Waals surface area contributed by atoms with E-state index in [9.17, 15) is 13.6 Å². The van der Waals surface area contributed by atoms with E-state index in [1.54, 1.807) is 0 Å². The number of Topliss-reactive ketones (excluding diaryl/α,β-unsaturated/α-hetero) is 1. The molecule has 0 saturated carbocycles. The molecule has 1 saturated heterocycles. The highest BCUT2D eigenvalue weighted by Gasteiger charge is 2.40. The molecule has 5 heteroatoms. The summed E-state index contributed by atoms with van der Waals surface area (Å²) in [6, 6.07) is 2.63. The number of halogens is 2. The van der Waals surface area contributed by atoms with Gasteiger partial charge >= 0.3 is 0 Å². The molecule has 1 aromatic rings. The summed E-state index contributed by atoms with van der Waals surface area (Å²) in [5.41, 5.74) is 4.45. The number of ketones is 1. The third-order valence-corrected chi connectivity index (χ3v) is 3.02. The maximum absolute atomic E-state index is 13.6. The molecule has 17 heavy (non-hydrogen) atoms. The predicted octanol–water partition coefficient (Wildman–Crippen LogP) is 1.57. The molecule has 0 spiro atoms. The largest absolute Gasteiger partial charge is 0.379 e. The number of carbonyl (C=O) groups is 1. The second-order valence-electron chi connectivity index (χ2n) is 4.35. The van der Waals surface area contributed by atoms with E-state index in [-0.39, 0.29) is 17.7 Å². The number of aryl methyl sites for hydroxylation is 1. The average molecular weight is 241 g/mol. The van der Waals surface area contributed by atoms with Crippen LogP contribution in [0.4, 0.5) is 8.78 Å². The van der Waals surface area contributed by atoms with Gasteiger partial charge < -0.3 is 10.5 Å². The van der Waals surface area contributed by atoms with Crippen molar-refractivity contribution in [3.05, 3.63) is 34.9 Å². The third-order valence-electron chi connectivity index (χ3n) is 3.02. The Labute approximate surface area is 97.6 Å². The number of ether oxygens (including phenoxy) is 1. The second kappa shape index (κ2) is 4.16. The summed E-state index contributed by atoms with van der Waals surface area (Å²) in [4.78, 5) is 12.0. The summed E-state index contributed by atoms with van der Waals surface area (Å²) in [6.45, 7) is 1.84. The van der Waals surface area contributed by atoms with Gasteiger partial charge in [-0.25, -0.2) is 8.78 Å². The second-order valence-corrected chi connectivity index (χ2v) is 4.35. The molecule has 1 unspecified atom stereocenters. The first-order chi connectivity index (χ1) is 7.96. The van der Waals surface area contributed by atoms with Crippen LogP contribution in [0.5, 0.6) is 0 Å². The Hall–Kier alpha value is -1.33. The fraction of sp³-hybridized carbons (Fsp3) is 0.417. The van der Waals surface area contributed by atoms with Gasteiger partial charge in [0, 0.05) is 6.61 Å². The number of rotatable bonds is 2. The Kier molecular flexibility index (Phi) is 2.97. The Balaban J connectivity index is 2.41. The zero-order valence-corrected chi connectivity index (χ0v) is 9.43. The molecule has 2 rings (SSSR count). The van der Waals surface area contributed by atoms with Crippen LogP contribution in [0.25, 0.3) is 0 Å². The lowest BCUT2D eigenvalue weighted by Crippen LogP contribution is -2.48. The van der Waals surface area contributed by atoms with Crippen molar-refractivity contribution in [3.63, 3.8) is 0 Å². The molecular weight excluding hydrogens is 228 g/mol. The fourth-order valence-corrected chi connectivity index (χ4v) is 1.85. The minimum Gasteiger partial charge on any atom is -0.379 e. The number of hydrogen-bond acceptors (Lipinski definition) is 3. The lowest BCUT2D eigenvalue weighted by Gasteiger charge is -2.20. The average Bonchev–Trinajstić information content (AvgIpc) is 2.74. The topological polar surface area (TPSA) is 52.3 Å². The minimum atomic E-state index is -1.23. The molecular formula is C12H13F2NO2. The smallest absolute Gasteiger partial charge is 0.188 e. The highest BCUT2D eigenvalue weighted by molar-refractivity contribution is 6.03. The molecule has 0 radical (unpaired) electrons. The van der Waals surface area contributed by atoms with Crippen molar-refractivity contribution in [1.82, 2.24) is 0 Å². The van der Waals surface area contributed by atoms with E-state index >= 15 is 0 Å². The summed E-state index contributed by atoms with van der Waals surface area (Å²) in [5, 5.41) is 0. The van der Waals surface area contributed by atoms with Gasteiger partial charge in [-0.05, 0) is 25.0 Å². The van der Waals surface area contributed by atoms with Gasteiger partial charge in [-0.15, -0.1) is 0 Å². The van der Waals surface area contributed by atoms with Gasteiger partial charge in [0.25, 0.3) is 0 Å². The van der Waals surface area contributed by atoms with Crippen LogP contribution >= 0.6 is 0 Å². The molecule has 1 fully saturated rings. The molecule has 2 N–H and O–H groups in total. The van der Waals surface area contributed by atoms with Gasteiger partial charge in [0.1, 0.15) is 5.54 Å². The van der Waals surface area contributed by atoms with Gasteiger partial charge in [0.05, 0.1) is 12.2 Å². The molecule has 0 amide bonds. The third kappa shape index (κ3) is 1.96. The number of hydrogen-bond donors (Lipinski definition) is 1. The fourth-order valence-electron chi connectivity index (χ4n) is 1.85. The van der Waals surface area contributed by atoms with Crippen molar-refractivity contribution < 1.29 is 18.3 Å². The van der Waals surface area contributed by atoms with Crippen molar-refractivity contribution in [2.75, 3.05) is 13.2 Å². The van der Waals surface area contributed by atoms with E-state index in [1.807, 2.05) is 0 Å². The molecule has 1 atom stereocenters. The van der Waals surface area contributed by atoms with E-state index in [0.717, 1.165) is 0 Å². The molecule has 1 aromatic carbocycles. The first-order valence-electron chi connectivity index (χ1n) is 5.32. The van der Waals surface area contributed by atoms with Crippen molar-refractivity contribution in [2.45, 2.75) is 18.9 Å². The van der Waals surface area contributed by atoms with Crippen LogP contribution in [-0.4, -0.2) is 24.5 Å². The molecule has 3 nitrogen and oxygen atoms in total. The number of carbonyl (C=O) groups excluding carboxylic acids is 1. The summed E-state index contributed by atoms with van der Waals surface area (Å²) in [5.74, 6) is -2.74. The monoisotopic (exact) mass is 241 g/mol. The summed E-state index contributed by atoms with van der Waals surface area (Å²) in [7, 11) is 0. The van der Waals surface area contributed by atoms with E-state index in [0.29, 0.717) is 13.0 Å². The van der Waals surface area contributed by atoms with E-state index in [1.165, 1.54) is 19.1 Å². The lowest BCUT2D eigenvalue weighted by atomic mass is 9.89. The summed E-state index contributed by atoms with van der Waals surface area (Å²) >= 11 is 0. The lowest BCUT2D eigenvalue weighted by molar-refractivity contribution is 0.0857. The molecule has 0 aliphatic carbocycles. The zero-order valence-electron chi connectivity index (χ0n) is 9.43.